The number of hydrogen-bond acceptors (Lipinski definition) is 5. The van der Waals surface area contributed by atoms with Crippen molar-refractivity contribution >= 4 is 41.1 Å². The number of nitrogens with one attached hydrogen (secondary N) is 1. The standard InChI is InChI=1S/C23H16F4N4O3S/c24-16-3-1-15(2-4-16)21(33)29-19-11-14(9-10-28-19)12-30-13-20(32)31(22(30)34)17-5-7-18(8-6-17)35-23(25,26)27/h1-11H,12-13H2,(H,28,29,33). The average Bonchev–Trinajstić information content (AvgIpc) is 3.06. The molecule has 7 nitrogen and oxygen atoms in total. The van der Waals surface area contributed by atoms with Gasteiger partial charge in [-0.15, -0.1) is 0 Å². The smallest absolute Gasteiger partial charge is 0.310 e. The van der Waals surface area contributed by atoms with Gasteiger partial charge in [0, 0.05) is 23.2 Å². The van der Waals surface area contributed by atoms with Crippen LogP contribution in [0, 0.1) is 5.82 Å². The Balaban J connectivity index is 1.43. The van der Waals surface area contributed by atoms with Crippen molar-refractivity contribution in [3.8, 4) is 0 Å². The van der Waals surface area contributed by atoms with Crippen LogP contribution in [0.3, 0.4) is 0 Å². The van der Waals surface area contributed by atoms with Crippen LogP contribution in [0.25, 0.3) is 0 Å². The molecule has 1 N–H and O–H groups in total. The maximum absolute atomic E-state index is 13.1. The summed E-state index contributed by atoms with van der Waals surface area (Å²) in [5.41, 5.74) is -3.47. The van der Waals surface area contributed by atoms with Crippen molar-refractivity contribution in [1.82, 2.24) is 9.88 Å². The molecule has 1 aliphatic heterocycles. The lowest BCUT2D eigenvalue weighted by atomic mass is 10.2. The molecule has 12 heteroatoms. The van der Waals surface area contributed by atoms with E-state index >= 15 is 0 Å². The molecule has 0 spiro atoms. The van der Waals surface area contributed by atoms with Gasteiger partial charge in [-0.3, -0.25) is 9.59 Å². The maximum Gasteiger partial charge on any atom is 0.446 e. The molecular weight excluding hydrogens is 488 g/mol. The molecular formula is C23H16F4N4O3S. The van der Waals surface area contributed by atoms with Crippen molar-refractivity contribution in [2.75, 3.05) is 16.8 Å². The normalized spacial score (nSPS) is 13.9. The second-order valence-corrected chi connectivity index (χ2v) is 8.56. The van der Waals surface area contributed by atoms with Crippen molar-refractivity contribution in [1.29, 1.82) is 0 Å². The van der Waals surface area contributed by atoms with Crippen LogP contribution in [-0.2, 0) is 11.3 Å². The summed E-state index contributed by atoms with van der Waals surface area (Å²) in [5.74, 6) is -1.30. The molecule has 1 saturated heterocycles. The van der Waals surface area contributed by atoms with Gasteiger partial charge in [-0.2, -0.15) is 13.2 Å². The highest BCUT2D eigenvalue weighted by Gasteiger charge is 2.37. The van der Waals surface area contributed by atoms with Crippen molar-refractivity contribution in [3.05, 3.63) is 83.8 Å². The van der Waals surface area contributed by atoms with Gasteiger partial charge >= 0.3 is 11.5 Å². The summed E-state index contributed by atoms with van der Waals surface area (Å²) >= 11 is -0.291. The number of alkyl halides is 3. The minimum atomic E-state index is -4.44. The first kappa shape index (κ1) is 24.2. The molecule has 2 heterocycles. The number of carbonyl (C=O) groups excluding carboxylic acids is 3. The van der Waals surface area contributed by atoms with Gasteiger partial charge in [0.1, 0.15) is 18.2 Å². The van der Waals surface area contributed by atoms with Gasteiger partial charge in [-0.05, 0) is 78.0 Å². The fourth-order valence-corrected chi connectivity index (χ4v) is 3.92. The van der Waals surface area contributed by atoms with E-state index in [1.807, 2.05) is 0 Å². The largest absolute Gasteiger partial charge is 0.446 e. The van der Waals surface area contributed by atoms with E-state index in [0.29, 0.717) is 5.56 Å². The third-order valence-corrected chi connectivity index (χ3v) is 5.65. The highest BCUT2D eigenvalue weighted by molar-refractivity contribution is 8.00. The summed E-state index contributed by atoms with van der Waals surface area (Å²) in [7, 11) is 0. The van der Waals surface area contributed by atoms with Crippen LogP contribution in [0.5, 0.6) is 0 Å². The number of benzene rings is 2. The van der Waals surface area contributed by atoms with Gasteiger partial charge in [0.2, 0.25) is 0 Å². The molecule has 1 aliphatic rings. The lowest BCUT2D eigenvalue weighted by molar-refractivity contribution is -0.116. The molecule has 0 bridgehead atoms. The predicted molar refractivity (Wildman–Crippen MR) is 120 cm³/mol. The number of nitrogens with zero attached hydrogens (tertiary/aromatic N) is 3. The molecule has 4 rings (SSSR count). The van der Waals surface area contributed by atoms with Crippen molar-refractivity contribution in [2.24, 2.45) is 0 Å². The highest BCUT2D eigenvalue weighted by Crippen LogP contribution is 2.37. The molecule has 0 unspecified atom stereocenters. The van der Waals surface area contributed by atoms with Crippen LogP contribution in [0.1, 0.15) is 15.9 Å². The molecule has 4 amide bonds. The summed E-state index contributed by atoms with van der Waals surface area (Å²) in [6.07, 6.45) is 1.42. The zero-order chi connectivity index (χ0) is 25.2. The average molecular weight is 504 g/mol. The van der Waals surface area contributed by atoms with Crippen molar-refractivity contribution < 1.29 is 31.9 Å². The first-order chi connectivity index (χ1) is 16.6. The number of halogens is 4. The molecule has 2 aromatic carbocycles. The van der Waals surface area contributed by atoms with Gasteiger partial charge in [-0.25, -0.2) is 19.1 Å². The van der Waals surface area contributed by atoms with Crippen LogP contribution in [-0.4, -0.2) is 39.8 Å². The molecule has 1 fully saturated rings. The lowest BCUT2D eigenvalue weighted by Gasteiger charge is -2.18. The lowest BCUT2D eigenvalue weighted by Crippen LogP contribution is -2.32. The van der Waals surface area contributed by atoms with Gasteiger partial charge in [-0.1, -0.05) is 0 Å². The van der Waals surface area contributed by atoms with E-state index in [2.05, 4.69) is 10.3 Å². The van der Waals surface area contributed by atoms with E-state index in [1.165, 1.54) is 53.6 Å². The predicted octanol–water partition coefficient (Wildman–Crippen LogP) is 5.05. The fourth-order valence-electron chi connectivity index (χ4n) is 3.38. The highest BCUT2D eigenvalue weighted by atomic mass is 32.2. The number of thioether (sulfide) groups is 1. The zero-order valence-electron chi connectivity index (χ0n) is 17.8. The van der Waals surface area contributed by atoms with Crippen LogP contribution in [0.4, 0.5) is 33.9 Å². The maximum atomic E-state index is 13.1. The first-order valence-corrected chi connectivity index (χ1v) is 10.9. The molecule has 35 heavy (non-hydrogen) atoms. The Bertz CT molecular complexity index is 1270. The molecule has 0 radical (unpaired) electrons. The number of pyridine rings is 1. The molecule has 3 aromatic rings. The molecule has 0 atom stereocenters. The fraction of sp³-hybridized carbons (Fsp3) is 0.130. The quantitative estimate of drug-likeness (QED) is 0.289. The third-order valence-electron chi connectivity index (χ3n) is 4.91. The van der Waals surface area contributed by atoms with Gasteiger partial charge < -0.3 is 10.2 Å². The molecule has 1 aromatic heterocycles. The Morgan fingerprint density at radius 3 is 2.37 bits per heavy atom. The number of carbonyl (C=O) groups is 3. The Kier molecular flexibility index (Phi) is 6.74. The number of aromatic nitrogens is 1. The first-order valence-electron chi connectivity index (χ1n) is 10.1. The zero-order valence-corrected chi connectivity index (χ0v) is 18.6. The third kappa shape index (κ3) is 5.96. The van der Waals surface area contributed by atoms with Crippen LogP contribution in [0.2, 0.25) is 0 Å². The summed E-state index contributed by atoms with van der Waals surface area (Å²) in [6, 6.07) is 12.4. The monoisotopic (exact) mass is 504 g/mol. The Hall–Kier alpha value is -3.93. The Morgan fingerprint density at radius 1 is 1.03 bits per heavy atom. The Labute approximate surface area is 200 Å². The number of amides is 4. The number of rotatable bonds is 6. The molecule has 180 valence electrons. The van der Waals surface area contributed by atoms with Gasteiger partial charge in [0.25, 0.3) is 11.8 Å². The number of imide groups is 1. The second kappa shape index (κ2) is 9.74. The summed E-state index contributed by atoms with van der Waals surface area (Å²) in [4.78, 5) is 43.8. The van der Waals surface area contributed by atoms with Crippen LogP contribution in [0.15, 0.2) is 71.8 Å². The SMILES string of the molecule is O=C(Nc1cc(CN2CC(=O)N(c3ccc(SC(F)(F)F)cc3)C2=O)ccn1)c1ccc(F)cc1. The van der Waals surface area contributed by atoms with E-state index in [0.717, 1.165) is 17.0 Å². The summed E-state index contributed by atoms with van der Waals surface area (Å²) in [6.45, 7) is -0.192. The van der Waals surface area contributed by atoms with Gasteiger partial charge in [0.05, 0.1) is 5.69 Å². The Morgan fingerprint density at radius 2 is 1.71 bits per heavy atom. The minimum absolute atomic E-state index is 0.0328. The van der Waals surface area contributed by atoms with E-state index in [9.17, 15) is 31.9 Å². The minimum Gasteiger partial charge on any atom is -0.310 e. The van der Waals surface area contributed by atoms with E-state index in [1.54, 1.807) is 6.07 Å². The molecule has 0 saturated carbocycles. The van der Waals surface area contributed by atoms with E-state index in [4.69, 9.17) is 0 Å². The second-order valence-electron chi connectivity index (χ2n) is 7.42. The molecule has 0 aliphatic carbocycles. The van der Waals surface area contributed by atoms with Crippen molar-refractivity contribution in [3.63, 3.8) is 0 Å². The van der Waals surface area contributed by atoms with E-state index in [-0.39, 0.29) is 46.8 Å². The number of hydrogen-bond donors (Lipinski definition) is 1. The number of anilines is 2. The van der Waals surface area contributed by atoms with Crippen LogP contribution >= 0.6 is 11.8 Å². The number of urea groups is 1. The van der Waals surface area contributed by atoms with Crippen molar-refractivity contribution in [2.45, 2.75) is 16.9 Å². The topological polar surface area (TPSA) is 82.6 Å². The van der Waals surface area contributed by atoms with Gasteiger partial charge in [0.15, 0.2) is 0 Å². The summed E-state index contributed by atoms with van der Waals surface area (Å²) in [5, 5.41) is 2.58. The van der Waals surface area contributed by atoms with E-state index < -0.39 is 29.2 Å². The summed E-state index contributed by atoms with van der Waals surface area (Å²) < 4.78 is 50.6. The van der Waals surface area contributed by atoms with Crippen LogP contribution < -0.4 is 10.2 Å².